The van der Waals surface area contributed by atoms with Gasteiger partial charge < -0.3 is 14.4 Å². The van der Waals surface area contributed by atoms with Crippen molar-refractivity contribution in [1.82, 2.24) is 4.90 Å². The van der Waals surface area contributed by atoms with E-state index in [0.717, 1.165) is 49.8 Å². The number of fused-ring (bicyclic) bond motifs is 1. The molecule has 5 nitrogen and oxygen atoms in total. The number of para-hydroxylation sites is 1. The molecule has 4 rings (SSSR count). The molecule has 134 valence electrons. The monoisotopic (exact) mass is 353 g/mol. The zero-order valence-electron chi connectivity index (χ0n) is 14.4. The van der Waals surface area contributed by atoms with Crippen molar-refractivity contribution >= 4 is 5.69 Å². The predicted octanol–water partition coefficient (Wildman–Crippen LogP) is 2.79. The third kappa shape index (κ3) is 3.31. The minimum Gasteiger partial charge on any atom is -0.486 e. The van der Waals surface area contributed by atoms with Crippen LogP contribution in [0.25, 0.3) is 0 Å². The third-order valence-corrected chi connectivity index (χ3v) is 4.83. The average Bonchev–Trinajstić information content (AvgIpc) is 2.69. The summed E-state index contributed by atoms with van der Waals surface area (Å²) in [5.74, 6) is 1.33. The molecule has 2 aromatic carbocycles. The SMILES string of the molecule is N#Cc1ccc(N2CCN(Cc3cccc4c3OCCO4)CC2)c(F)c1. The van der Waals surface area contributed by atoms with Crippen LogP contribution in [0.5, 0.6) is 11.5 Å². The molecule has 0 N–H and O–H groups in total. The van der Waals surface area contributed by atoms with E-state index >= 15 is 0 Å². The van der Waals surface area contributed by atoms with Crippen LogP contribution in [0.1, 0.15) is 11.1 Å². The Labute approximate surface area is 152 Å². The van der Waals surface area contributed by atoms with Gasteiger partial charge in [0.05, 0.1) is 17.3 Å². The van der Waals surface area contributed by atoms with Crippen LogP contribution in [0.4, 0.5) is 10.1 Å². The average molecular weight is 353 g/mol. The van der Waals surface area contributed by atoms with Crippen molar-refractivity contribution in [2.75, 3.05) is 44.3 Å². The van der Waals surface area contributed by atoms with Gasteiger partial charge in [-0.25, -0.2) is 4.39 Å². The number of benzene rings is 2. The molecular formula is C20H20FN3O2. The number of nitriles is 1. The molecule has 6 heteroatoms. The topological polar surface area (TPSA) is 48.7 Å². The molecule has 26 heavy (non-hydrogen) atoms. The number of anilines is 1. The largest absolute Gasteiger partial charge is 0.486 e. The Balaban J connectivity index is 1.41. The molecule has 0 spiro atoms. The second kappa shape index (κ2) is 7.22. The maximum Gasteiger partial charge on any atom is 0.165 e. The van der Waals surface area contributed by atoms with Gasteiger partial charge in [0.2, 0.25) is 0 Å². The van der Waals surface area contributed by atoms with Gasteiger partial charge in [0.25, 0.3) is 0 Å². The predicted molar refractivity (Wildman–Crippen MR) is 96.0 cm³/mol. The summed E-state index contributed by atoms with van der Waals surface area (Å²) < 4.78 is 25.6. The smallest absolute Gasteiger partial charge is 0.165 e. The maximum absolute atomic E-state index is 14.2. The van der Waals surface area contributed by atoms with Crippen molar-refractivity contribution < 1.29 is 13.9 Å². The van der Waals surface area contributed by atoms with Gasteiger partial charge in [0, 0.05) is 38.3 Å². The van der Waals surface area contributed by atoms with Crippen molar-refractivity contribution in [2.24, 2.45) is 0 Å². The highest BCUT2D eigenvalue weighted by molar-refractivity contribution is 5.52. The molecule has 0 radical (unpaired) electrons. The summed E-state index contributed by atoms with van der Waals surface area (Å²) in [5.41, 5.74) is 2.04. The number of halogens is 1. The Morgan fingerprint density at radius 2 is 1.85 bits per heavy atom. The first kappa shape index (κ1) is 16.7. The fourth-order valence-electron chi connectivity index (χ4n) is 3.48. The summed E-state index contributed by atoms with van der Waals surface area (Å²) in [6.45, 7) is 5.12. The Morgan fingerprint density at radius 1 is 1.04 bits per heavy atom. The molecule has 2 aliphatic heterocycles. The molecule has 2 heterocycles. The first-order valence-corrected chi connectivity index (χ1v) is 8.79. The van der Waals surface area contributed by atoms with E-state index in [1.807, 2.05) is 23.1 Å². The van der Waals surface area contributed by atoms with Gasteiger partial charge in [0.1, 0.15) is 19.0 Å². The fourth-order valence-corrected chi connectivity index (χ4v) is 3.48. The third-order valence-electron chi connectivity index (χ3n) is 4.83. The van der Waals surface area contributed by atoms with Gasteiger partial charge >= 0.3 is 0 Å². The van der Waals surface area contributed by atoms with Gasteiger partial charge in [-0.1, -0.05) is 12.1 Å². The van der Waals surface area contributed by atoms with Crippen LogP contribution >= 0.6 is 0 Å². The van der Waals surface area contributed by atoms with Gasteiger partial charge in [-0.05, 0) is 24.3 Å². The van der Waals surface area contributed by atoms with Crippen LogP contribution in [0.15, 0.2) is 36.4 Å². The molecule has 0 amide bonds. The lowest BCUT2D eigenvalue weighted by Gasteiger charge is -2.36. The van der Waals surface area contributed by atoms with E-state index in [-0.39, 0.29) is 5.82 Å². The quantitative estimate of drug-likeness (QED) is 0.849. The number of ether oxygens (including phenoxy) is 2. The molecular weight excluding hydrogens is 333 g/mol. The zero-order chi connectivity index (χ0) is 17.9. The first-order valence-electron chi connectivity index (χ1n) is 8.79. The lowest BCUT2D eigenvalue weighted by molar-refractivity contribution is 0.166. The molecule has 2 aromatic rings. The molecule has 0 bridgehead atoms. The summed E-state index contributed by atoms with van der Waals surface area (Å²) in [5, 5.41) is 8.87. The fraction of sp³-hybridized carbons (Fsp3) is 0.350. The van der Waals surface area contributed by atoms with Gasteiger partial charge in [-0.3, -0.25) is 4.90 Å². The summed E-state index contributed by atoms with van der Waals surface area (Å²) in [6, 6.07) is 12.6. The summed E-state index contributed by atoms with van der Waals surface area (Å²) in [7, 11) is 0. The lowest BCUT2D eigenvalue weighted by Crippen LogP contribution is -2.46. The second-order valence-corrected chi connectivity index (χ2v) is 6.48. The van der Waals surface area contributed by atoms with Crippen molar-refractivity contribution in [1.29, 1.82) is 5.26 Å². The van der Waals surface area contributed by atoms with E-state index in [1.165, 1.54) is 6.07 Å². The van der Waals surface area contributed by atoms with Crippen LogP contribution in [-0.2, 0) is 6.54 Å². The van der Waals surface area contributed by atoms with E-state index < -0.39 is 0 Å². The molecule has 0 aromatic heterocycles. The molecule has 0 aliphatic carbocycles. The van der Waals surface area contributed by atoms with E-state index in [4.69, 9.17) is 14.7 Å². The van der Waals surface area contributed by atoms with Crippen LogP contribution in [-0.4, -0.2) is 44.3 Å². The number of hydrogen-bond acceptors (Lipinski definition) is 5. The zero-order valence-corrected chi connectivity index (χ0v) is 14.4. The summed E-state index contributed by atoms with van der Waals surface area (Å²) >= 11 is 0. The molecule has 1 fully saturated rings. The normalized spacial score (nSPS) is 17.0. The lowest BCUT2D eigenvalue weighted by atomic mass is 10.1. The minimum absolute atomic E-state index is 0.333. The molecule has 1 saturated heterocycles. The van der Waals surface area contributed by atoms with E-state index in [1.54, 1.807) is 12.1 Å². The van der Waals surface area contributed by atoms with Crippen LogP contribution in [0.3, 0.4) is 0 Å². The van der Waals surface area contributed by atoms with E-state index in [0.29, 0.717) is 24.5 Å². The molecule has 0 atom stereocenters. The second-order valence-electron chi connectivity index (χ2n) is 6.48. The van der Waals surface area contributed by atoms with Gasteiger partial charge in [0.15, 0.2) is 11.5 Å². The van der Waals surface area contributed by atoms with E-state index in [9.17, 15) is 4.39 Å². The number of piperazine rings is 1. The van der Waals surface area contributed by atoms with E-state index in [2.05, 4.69) is 11.0 Å². The highest BCUT2D eigenvalue weighted by Gasteiger charge is 2.22. The van der Waals surface area contributed by atoms with Crippen molar-refractivity contribution in [3.8, 4) is 17.6 Å². The van der Waals surface area contributed by atoms with Gasteiger partial charge in [-0.15, -0.1) is 0 Å². The van der Waals surface area contributed by atoms with Crippen LogP contribution in [0, 0.1) is 17.1 Å². The summed E-state index contributed by atoms with van der Waals surface area (Å²) in [4.78, 5) is 4.37. The Morgan fingerprint density at radius 3 is 2.62 bits per heavy atom. The van der Waals surface area contributed by atoms with Crippen LogP contribution in [0.2, 0.25) is 0 Å². The Hall–Kier alpha value is -2.78. The summed E-state index contributed by atoms with van der Waals surface area (Å²) in [6.07, 6.45) is 0. The number of nitrogens with zero attached hydrogens (tertiary/aromatic N) is 3. The minimum atomic E-state index is -0.333. The highest BCUT2D eigenvalue weighted by atomic mass is 19.1. The van der Waals surface area contributed by atoms with Crippen molar-refractivity contribution in [3.63, 3.8) is 0 Å². The van der Waals surface area contributed by atoms with Gasteiger partial charge in [-0.2, -0.15) is 5.26 Å². The molecule has 0 unspecified atom stereocenters. The van der Waals surface area contributed by atoms with Crippen LogP contribution < -0.4 is 14.4 Å². The standard InChI is InChI=1S/C20H20FN3O2/c21-17-12-15(13-22)4-5-18(17)24-8-6-23(7-9-24)14-16-2-1-3-19-20(16)26-11-10-25-19/h1-5,12H,6-11,14H2. The number of hydrogen-bond donors (Lipinski definition) is 0. The maximum atomic E-state index is 14.2. The highest BCUT2D eigenvalue weighted by Crippen LogP contribution is 2.34. The Kier molecular flexibility index (Phi) is 4.63. The first-order chi connectivity index (χ1) is 12.7. The molecule has 0 saturated carbocycles. The molecule has 2 aliphatic rings. The van der Waals surface area contributed by atoms with Crippen molar-refractivity contribution in [3.05, 3.63) is 53.3 Å². The van der Waals surface area contributed by atoms with Crippen molar-refractivity contribution in [2.45, 2.75) is 6.54 Å². The number of rotatable bonds is 3. The Bertz CT molecular complexity index is 841.